The molecule has 46 valence electrons. The molecule has 0 bridgehead atoms. The standard InChI is InChI=1S/C6H10O2/c1-8-6-4-2-3-5-7/h7H,2-3,5H2,1H3. The normalized spacial score (nSPS) is 7.25. The van der Waals surface area contributed by atoms with E-state index in [1.807, 2.05) is 0 Å². The van der Waals surface area contributed by atoms with Crippen LogP contribution < -0.4 is 0 Å². The molecule has 0 saturated carbocycles. The Hall–Kier alpha value is -0.680. The molecule has 0 aromatic carbocycles. The van der Waals surface area contributed by atoms with Crippen LogP contribution in [0.1, 0.15) is 12.8 Å². The number of aliphatic hydroxyl groups excluding tert-OH is 1. The quantitative estimate of drug-likeness (QED) is 0.415. The lowest BCUT2D eigenvalue weighted by molar-refractivity contribution is 0.290. The van der Waals surface area contributed by atoms with Crippen molar-refractivity contribution in [3.63, 3.8) is 0 Å². The van der Waals surface area contributed by atoms with Crippen molar-refractivity contribution in [3.05, 3.63) is 0 Å². The van der Waals surface area contributed by atoms with E-state index in [2.05, 4.69) is 16.8 Å². The fourth-order valence-corrected chi connectivity index (χ4v) is 0.291. The van der Waals surface area contributed by atoms with Gasteiger partial charge in [-0.05, 0) is 6.42 Å². The van der Waals surface area contributed by atoms with Crippen molar-refractivity contribution in [2.45, 2.75) is 12.8 Å². The van der Waals surface area contributed by atoms with Crippen molar-refractivity contribution in [2.75, 3.05) is 13.7 Å². The molecule has 0 aromatic heterocycles. The summed E-state index contributed by atoms with van der Waals surface area (Å²) in [6.45, 7) is 0.207. The van der Waals surface area contributed by atoms with Crippen LogP contribution in [0.5, 0.6) is 0 Å². The Morgan fingerprint density at radius 1 is 1.62 bits per heavy atom. The third-order valence-electron chi connectivity index (χ3n) is 0.634. The molecule has 0 aliphatic rings. The molecule has 0 rings (SSSR count). The maximum Gasteiger partial charge on any atom is 0.109 e. The molecule has 0 fully saturated rings. The summed E-state index contributed by atoms with van der Waals surface area (Å²) in [5, 5.41) is 8.26. The van der Waals surface area contributed by atoms with E-state index in [0.29, 0.717) is 6.42 Å². The largest absolute Gasteiger partial charge is 0.450 e. The van der Waals surface area contributed by atoms with Gasteiger partial charge in [0.2, 0.25) is 0 Å². The first-order valence-electron chi connectivity index (χ1n) is 2.53. The van der Waals surface area contributed by atoms with Crippen molar-refractivity contribution >= 4 is 0 Å². The van der Waals surface area contributed by atoms with E-state index in [0.717, 1.165) is 6.42 Å². The van der Waals surface area contributed by atoms with Gasteiger partial charge in [0.1, 0.15) is 6.11 Å². The Morgan fingerprint density at radius 2 is 2.38 bits per heavy atom. The zero-order valence-corrected chi connectivity index (χ0v) is 4.98. The summed E-state index contributed by atoms with van der Waals surface area (Å²) >= 11 is 0. The molecule has 0 heterocycles. The second-order valence-electron chi connectivity index (χ2n) is 1.31. The molecule has 0 atom stereocenters. The summed E-state index contributed by atoms with van der Waals surface area (Å²) in [4.78, 5) is 0. The van der Waals surface area contributed by atoms with E-state index >= 15 is 0 Å². The molecule has 0 aliphatic heterocycles. The summed E-state index contributed by atoms with van der Waals surface area (Å²) in [6, 6.07) is 0. The van der Waals surface area contributed by atoms with Crippen molar-refractivity contribution < 1.29 is 9.84 Å². The highest BCUT2D eigenvalue weighted by atomic mass is 16.5. The Labute approximate surface area is 49.5 Å². The molecule has 8 heavy (non-hydrogen) atoms. The number of rotatable bonds is 2. The van der Waals surface area contributed by atoms with E-state index in [-0.39, 0.29) is 6.61 Å². The second kappa shape index (κ2) is 6.32. The van der Waals surface area contributed by atoms with Gasteiger partial charge >= 0.3 is 0 Å². The van der Waals surface area contributed by atoms with E-state index in [9.17, 15) is 0 Å². The van der Waals surface area contributed by atoms with Gasteiger partial charge in [0, 0.05) is 13.0 Å². The molecular weight excluding hydrogens is 104 g/mol. The molecular formula is C6H10O2. The molecule has 0 saturated heterocycles. The first-order chi connectivity index (χ1) is 3.91. The van der Waals surface area contributed by atoms with E-state index < -0.39 is 0 Å². The van der Waals surface area contributed by atoms with Crippen LogP contribution >= 0.6 is 0 Å². The van der Waals surface area contributed by atoms with E-state index in [1.165, 1.54) is 7.11 Å². The van der Waals surface area contributed by atoms with Crippen LogP contribution in [-0.2, 0) is 4.74 Å². The Bertz CT molecular complexity index is 88.4. The first-order valence-corrected chi connectivity index (χ1v) is 2.53. The lowest BCUT2D eigenvalue weighted by Gasteiger charge is -1.82. The smallest absolute Gasteiger partial charge is 0.109 e. The minimum absolute atomic E-state index is 0.207. The molecule has 0 radical (unpaired) electrons. The first kappa shape index (κ1) is 7.32. The van der Waals surface area contributed by atoms with Gasteiger partial charge in [-0.1, -0.05) is 5.92 Å². The highest BCUT2D eigenvalue weighted by Gasteiger charge is 1.75. The minimum atomic E-state index is 0.207. The summed E-state index contributed by atoms with van der Waals surface area (Å²) in [5.74, 6) is 2.70. The third kappa shape index (κ3) is 5.32. The maximum absolute atomic E-state index is 8.26. The predicted molar refractivity (Wildman–Crippen MR) is 31.1 cm³/mol. The van der Waals surface area contributed by atoms with Crippen molar-refractivity contribution in [1.29, 1.82) is 0 Å². The van der Waals surface area contributed by atoms with E-state index in [4.69, 9.17) is 5.11 Å². The molecule has 0 spiro atoms. The Balaban J connectivity index is 2.90. The summed E-state index contributed by atoms with van der Waals surface area (Å²) in [6.07, 6.45) is 3.87. The van der Waals surface area contributed by atoms with Gasteiger partial charge in [-0.25, -0.2) is 0 Å². The Kier molecular flexibility index (Phi) is 5.78. The molecule has 1 N–H and O–H groups in total. The number of aliphatic hydroxyl groups is 1. The second-order valence-corrected chi connectivity index (χ2v) is 1.31. The minimum Gasteiger partial charge on any atom is -0.450 e. The van der Waals surface area contributed by atoms with Gasteiger partial charge in [0.15, 0.2) is 0 Å². The van der Waals surface area contributed by atoms with E-state index in [1.54, 1.807) is 0 Å². The third-order valence-corrected chi connectivity index (χ3v) is 0.634. The van der Waals surface area contributed by atoms with Crippen LogP contribution in [0.15, 0.2) is 0 Å². The predicted octanol–water partition coefficient (Wildman–Crippen LogP) is 0.366. The fourth-order valence-electron chi connectivity index (χ4n) is 0.291. The number of hydrogen-bond donors (Lipinski definition) is 1. The van der Waals surface area contributed by atoms with Gasteiger partial charge in [-0.2, -0.15) is 0 Å². The van der Waals surface area contributed by atoms with Crippen molar-refractivity contribution in [3.8, 4) is 12.0 Å². The maximum atomic E-state index is 8.26. The Morgan fingerprint density at radius 3 is 2.88 bits per heavy atom. The van der Waals surface area contributed by atoms with Crippen LogP contribution in [0.4, 0.5) is 0 Å². The van der Waals surface area contributed by atoms with Crippen LogP contribution in [-0.4, -0.2) is 18.8 Å². The van der Waals surface area contributed by atoms with Gasteiger partial charge in [-0.3, -0.25) is 0 Å². The van der Waals surface area contributed by atoms with Crippen LogP contribution in [0.25, 0.3) is 0 Å². The van der Waals surface area contributed by atoms with Crippen molar-refractivity contribution in [1.82, 2.24) is 0 Å². The summed E-state index contributed by atoms with van der Waals surface area (Å²) in [5.41, 5.74) is 0. The van der Waals surface area contributed by atoms with Gasteiger partial charge in [-0.15, -0.1) is 0 Å². The van der Waals surface area contributed by atoms with Crippen LogP contribution in [0.2, 0.25) is 0 Å². The highest BCUT2D eigenvalue weighted by Crippen LogP contribution is 1.81. The van der Waals surface area contributed by atoms with Crippen molar-refractivity contribution in [2.24, 2.45) is 0 Å². The molecule has 0 amide bonds. The molecule has 2 nitrogen and oxygen atoms in total. The number of methoxy groups -OCH3 is 1. The topological polar surface area (TPSA) is 29.5 Å². The fraction of sp³-hybridized carbons (Fsp3) is 0.667. The number of hydrogen-bond acceptors (Lipinski definition) is 2. The van der Waals surface area contributed by atoms with Crippen LogP contribution in [0, 0.1) is 12.0 Å². The summed E-state index contributed by atoms with van der Waals surface area (Å²) in [7, 11) is 1.52. The zero-order valence-electron chi connectivity index (χ0n) is 4.98. The summed E-state index contributed by atoms with van der Waals surface area (Å²) < 4.78 is 4.45. The number of ether oxygens (including phenoxy) is 1. The molecule has 0 unspecified atom stereocenters. The zero-order chi connectivity index (χ0) is 6.24. The molecule has 0 aromatic rings. The number of unbranched alkanes of at least 4 members (excludes halogenated alkanes) is 1. The lowest BCUT2D eigenvalue weighted by atomic mass is 10.3. The monoisotopic (exact) mass is 114 g/mol. The van der Waals surface area contributed by atoms with Gasteiger partial charge < -0.3 is 9.84 Å². The molecule has 0 aliphatic carbocycles. The average Bonchev–Trinajstić information content (AvgIpc) is 1.81. The van der Waals surface area contributed by atoms with Gasteiger partial charge in [0.25, 0.3) is 0 Å². The SMILES string of the molecule is COC#CCCCO. The van der Waals surface area contributed by atoms with Crippen LogP contribution in [0.3, 0.4) is 0 Å². The highest BCUT2D eigenvalue weighted by molar-refractivity contribution is 4.90. The molecule has 2 heteroatoms. The lowest BCUT2D eigenvalue weighted by Crippen LogP contribution is -1.78. The van der Waals surface area contributed by atoms with Gasteiger partial charge in [0.05, 0.1) is 7.11 Å². The average molecular weight is 114 g/mol.